The molecule has 1 saturated heterocycles. The van der Waals surface area contributed by atoms with Crippen molar-refractivity contribution in [2.45, 2.75) is 85.4 Å². The Balaban J connectivity index is 2.22. The molecular weight excluding hydrogens is 436 g/mol. The van der Waals surface area contributed by atoms with Crippen LogP contribution in [-0.4, -0.2) is 46.9 Å². The molecule has 0 radical (unpaired) electrons. The van der Waals surface area contributed by atoms with E-state index >= 15 is 0 Å². The van der Waals surface area contributed by atoms with Gasteiger partial charge in [-0.25, -0.2) is 4.79 Å². The molecule has 1 aliphatic rings. The summed E-state index contributed by atoms with van der Waals surface area (Å²) in [6, 6.07) is 3.10. The van der Waals surface area contributed by atoms with Crippen molar-refractivity contribution in [3.63, 3.8) is 0 Å². The summed E-state index contributed by atoms with van der Waals surface area (Å²) in [5, 5.41) is 0. The van der Waals surface area contributed by atoms with Gasteiger partial charge in [-0.2, -0.15) is 0 Å². The number of hydrogen-bond acceptors (Lipinski definition) is 6. The first-order valence-electron chi connectivity index (χ1n) is 12.1. The van der Waals surface area contributed by atoms with Gasteiger partial charge in [0.2, 0.25) is 0 Å². The molecule has 33 heavy (non-hydrogen) atoms. The van der Waals surface area contributed by atoms with Crippen LogP contribution in [-0.2, 0) is 25.4 Å². The zero-order valence-electron chi connectivity index (χ0n) is 21.5. The van der Waals surface area contributed by atoms with Gasteiger partial charge >= 0.3 is 5.97 Å². The van der Waals surface area contributed by atoms with Crippen molar-refractivity contribution in [3.05, 3.63) is 34.4 Å². The Morgan fingerprint density at radius 3 is 2.61 bits per heavy atom. The van der Waals surface area contributed by atoms with Gasteiger partial charge < -0.3 is 23.7 Å². The molecule has 2 rings (SSSR count). The monoisotopic (exact) mass is 478 g/mol. The molecule has 1 aromatic carbocycles. The highest BCUT2D eigenvalue weighted by Crippen LogP contribution is 2.35. The number of rotatable bonds is 12. The van der Waals surface area contributed by atoms with E-state index < -0.39 is 8.07 Å². The number of benzene rings is 1. The summed E-state index contributed by atoms with van der Waals surface area (Å²) >= 11 is 0. The topological polar surface area (TPSA) is 63.2 Å². The van der Waals surface area contributed by atoms with Crippen LogP contribution in [0.2, 0.25) is 25.7 Å². The minimum atomic E-state index is -1.15. The molecule has 0 aliphatic carbocycles. The maximum atomic E-state index is 12.0. The van der Waals surface area contributed by atoms with E-state index in [1.165, 1.54) is 0 Å². The summed E-state index contributed by atoms with van der Waals surface area (Å²) in [5.41, 5.74) is 3.55. The summed E-state index contributed by atoms with van der Waals surface area (Å²) < 4.78 is 29.0. The molecule has 1 atom stereocenters. The second-order valence-corrected chi connectivity index (χ2v) is 15.4. The lowest BCUT2D eigenvalue weighted by molar-refractivity contribution is -0.138. The third kappa shape index (κ3) is 9.14. The van der Waals surface area contributed by atoms with Crippen molar-refractivity contribution in [1.82, 2.24) is 0 Å². The van der Waals surface area contributed by atoms with E-state index in [-0.39, 0.29) is 19.1 Å². The molecule has 7 heteroatoms. The molecule has 0 bridgehead atoms. The van der Waals surface area contributed by atoms with Crippen molar-refractivity contribution in [2.24, 2.45) is 0 Å². The van der Waals surface area contributed by atoms with Gasteiger partial charge in [-0.05, 0) is 70.2 Å². The lowest BCUT2D eigenvalue weighted by Gasteiger charge is -2.26. The van der Waals surface area contributed by atoms with Crippen molar-refractivity contribution in [2.75, 3.05) is 26.6 Å². The first-order valence-corrected chi connectivity index (χ1v) is 15.8. The van der Waals surface area contributed by atoms with E-state index in [4.69, 9.17) is 23.7 Å². The van der Waals surface area contributed by atoms with Crippen molar-refractivity contribution >= 4 is 14.0 Å². The summed E-state index contributed by atoms with van der Waals surface area (Å²) in [6.45, 7) is 16.6. The van der Waals surface area contributed by atoms with Crippen molar-refractivity contribution in [1.29, 1.82) is 0 Å². The van der Waals surface area contributed by atoms with E-state index in [9.17, 15) is 4.79 Å². The molecule has 1 fully saturated rings. The van der Waals surface area contributed by atoms with Crippen LogP contribution in [0.3, 0.4) is 0 Å². The predicted octanol–water partition coefficient (Wildman–Crippen LogP) is 5.95. The maximum Gasteiger partial charge on any atom is 0.333 e. The SMILES string of the molecule is CCOC(=O)/C(C)=C\Cc1cc(OC2CCCCO2)c(C)c(C)c1OCOCC[Si](C)(C)C. The molecule has 0 N–H and O–H groups in total. The number of carbonyl (C=O) groups is 1. The Kier molecular flexibility index (Phi) is 10.9. The van der Waals surface area contributed by atoms with Crippen LogP contribution in [0.15, 0.2) is 17.7 Å². The van der Waals surface area contributed by atoms with Gasteiger partial charge in [0, 0.05) is 32.2 Å². The molecule has 1 aromatic rings. The first kappa shape index (κ1) is 27.4. The third-order valence-corrected chi connectivity index (χ3v) is 7.48. The zero-order valence-corrected chi connectivity index (χ0v) is 22.5. The average molecular weight is 479 g/mol. The highest BCUT2D eigenvalue weighted by Gasteiger charge is 2.20. The van der Waals surface area contributed by atoms with Gasteiger partial charge in [0.25, 0.3) is 0 Å². The molecule has 1 aliphatic heterocycles. The molecule has 1 heterocycles. The Bertz CT molecular complexity index is 806. The fourth-order valence-corrected chi connectivity index (χ4v) is 4.23. The summed E-state index contributed by atoms with van der Waals surface area (Å²) in [6.07, 6.45) is 5.25. The van der Waals surface area contributed by atoms with Gasteiger partial charge in [-0.3, -0.25) is 0 Å². The summed E-state index contributed by atoms with van der Waals surface area (Å²) in [7, 11) is -1.15. The van der Waals surface area contributed by atoms with Gasteiger partial charge in [-0.1, -0.05) is 25.7 Å². The van der Waals surface area contributed by atoms with Gasteiger partial charge in [0.1, 0.15) is 11.5 Å². The lowest BCUT2D eigenvalue weighted by atomic mass is 10.00. The predicted molar refractivity (Wildman–Crippen MR) is 134 cm³/mol. The molecule has 6 nitrogen and oxygen atoms in total. The molecule has 1 unspecified atom stereocenters. The minimum Gasteiger partial charge on any atom is -0.467 e. The second-order valence-electron chi connectivity index (χ2n) is 9.82. The summed E-state index contributed by atoms with van der Waals surface area (Å²) in [4.78, 5) is 12.0. The van der Waals surface area contributed by atoms with E-state index in [0.717, 1.165) is 60.1 Å². The van der Waals surface area contributed by atoms with Crippen LogP contribution < -0.4 is 9.47 Å². The highest BCUT2D eigenvalue weighted by atomic mass is 28.3. The van der Waals surface area contributed by atoms with E-state index in [2.05, 4.69) is 19.6 Å². The normalized spacial score (nSPS) is 17.1. The Labute approximate surface area is 200 Å². The molecular formula is C26H42O6Si. The smallest absolute Gasteiger partial charge is 0.333 e. The Morgan fingerprint density at radius 2 is 1.97 bits per heavy atom. The van der Waals surface area contributed by atoms with Crippen LogP contribution in [0.5, 0.6) is 11.5 Å². The van der Waals surface area contributed by atoms with E-state index in [0.29, 0.717) is 25.2 Å². The van der Waals surface area contributed by atoms with Crippen LogP contribution in [0, 0.1) is 13.8 Å². The van der Waals surface area contributed by atoms with Crippen LogP contribution in [0.4, 0.5) is 0 Å². The third-order valence-electron chi connectivity index (χ3n) is 5.77. The van der Waals surface area contributed by atoms with Gasteiger partial charge in [0.15, 0.2) is 13.1 Å². The largest absolute Gasteiger partial charge is 0.467 e. The Morgan fingerprint density at radius 1 is 1.21 bits per heavy atom. The van der Waals surface area contributed by atoms with Gasteiger partial charge in [0.05, 0.1) is 13.2 Å². The molecule has 186 valence electrons. The van der Waals surface area contributed by atoms with E-state index in [1.807, 2.05) is 26.0 Å². The Hall–Kier alpha value is -1.83. The quantitative estimate of drug-likeness (QED) is 0.122. The minimum absolute atomic E-state index is 0.199. The standard InChI is InChI=1S/C26H42O6Si/c1-8-29-26(27)19(2)12-13-22-17-23(32-24-11-9-10-14-30-24)20(3)21(4)25(22)31-18-28-15-16-33(5,6)7/h12,17,24H,8-11,13-16,18H2,1-7H3/b19-12-. The van der Waals surface area contributed by atoms with Crippen LogP contribution >= 0.6 is 0 Å². The number of carbonyl (C=O) groups excluding carboxylic acids is 1. The number of ether oxygens (including phenoxy) is 5. The fraction of sp³-hybridized carbons (Fsp3) is 0.654. The van der Waals surface area contributed by atoms with Gasteiger partial charge in [-0.15, -0.1) is 0 Å². The maximum absolute atomic E-state index is 12.0. The number of allylic oxidation sites excluding steroid dienone is 1. The van der Waals surface area contributed by atoms with Crippen LogP contribution in [0.1, 0.15) is 49.8 Å². The zero-order chi connectivity index (χ0) is 24.4. The fourth-order valence-electron chi connectivity index (χ4n) is 3.48. The van der Waals surface area contributed by atoms with E-state index in [1.54, 1.807) is 13.8 Å². The number of esters is 1. The first-order chi connectivity index (χ1) is 15.6. The van der Waals surface area contributed by atoms with Crippen molar-refractivity contribution in [3.8, 4) is 11.5 Å². The highest BCUT2D eigenvalue weighted by molar-refractivity contribution is 6.76. The number of hydrogen-bond donors (Lipinski definition) is 0. The van der Waals surface area contributed by atoms with Crippen LogP contribution in [0.25, 0.3) is 0 Å². The molecule has 0 saturated carbocycles. The average Bonchev–Trinajstić information content (AvgIpc) is 2.76. The molecule has 0 aromatic heterocycles. The molecule has 0 amide bonds. The molecule has 0 spiro atoms. The van der Waals surface area contributed by atoms with Crippen molar-refractivity contribution < 1.29 is 28.5 Å². The lowest BCUT2D eigenvalue weighted by Crippen LogP contribution is -2.25. The summed E-state index contributed by atoms with van der Waals surface area (Å²) in [5.74, 6) is 1.28. The second kappa shape index (κ2) is 13.2.